The Labute approximate surface area is 101 Å². The molecule has 0 aliphatic carbocycles. The Bertz CT molecular complexity index is 465. The Morgan fingerprint density at radius 2 is 2.24 bits per heavy atom. The summed E-state index contributed by atoms with van der Waals surface area (Å²) in [6, 6.07) is 5.72. The zero-order chi connectivity index (χ0) is 12.4. The molecule has 1 fully saturated rings. The lowest BCUT2D eigenvalue weighted by molar-refractivity contribution is -0.385. The number of carboxylic acid groups (broad SMARTS) is 1. The third-order valence-electron chi connectivity index (χ3n) is 2.50. The summed E-state index contributed by atoms with van der Waals surface area (Å²) in [4.78, 5) is 21.2. The minimum absolute atomic E-state index is 0.0172. The van der Waals surface area contributed by atoms with E-state index in [1.165, 1.54) is 17.8 Å². The number of para-hydroxylation sites is 1. The average molecular weight is 254 g/mol. The van der Waals surface area contributed by atoms with Crippen LogP contribution in [0, 0.1) is 10.1 Å². The summed E-state index contributed by atoms with van der Waals surface area (Å²) in [6.45, 7) is 0. The lowest BCUT2D eigenvalue weighted by Crippen LogP contribution is -2.33. The number of hydrogen-bond donors (Lipinski definition) is 2. The molecule has 0 aromatic heterocycles. The van der Waals surface area contributed by atoms with E-state index in [1.807, 2.05) is 0 Å². The minimum atomic E-state index is -0.932. The summed E-state index contributed by atoms with van der Waals surface area (Å²) in [7, 11) is 0. The summed E-state index contributed by atoms with van der Waals surface area (Å²) >= 11 is 1.37. The monoisotopic (exact) mass is 254 g/mol. The molecule has 90 valence electrons. The first-order valence-corrected chi connectivity index (χ1v) is 5.98. The molecule has 6 nitrogen and oxygen atoms in total. The van der Waals surface area contributed by atoms with Crippen molar-refractivity contribution in [2.45, 2.75) is 11.4 Å². The van der Waals surface area contributed by atoms with Crippen LogP contribution in [0.15, 0.2) is 24.3 Å². The number of carbonyl (C=O) groups is 1. The molecule has 2 atom stereocenters. The third-order valence-corrected chi connectivity index (χ3v) is 3.75. The van der Waals surface area contributed by atoms with E-state index in [-0.39, 0.29) is 11.1 Å². The van der Waals surface area contributed by atoms with Crippen LogP contribution in [0.1, 0.15) is 10.9 Å². The quantitative estimate of drug-likeness (QED) is 0.625. The molecule has 1 aromatic carbocycles. The lowest BCUT2D eigenvalue weighted by Gasteiger charge is -2.11. The van der Waals surface area contributed by atoms with Gasteiger partial charge in [-0.25, -0.2) is 0 Å². The van der Waals surface area contributed by atoms with Gasteiger partial charge in [-0.3, -0.25) is 20.2 Å². The Hall–Kier alpha value is -1.60. The molecule has 1 saturated heterocycles. The van der Waals surface area contributed by atoms with Gasteiger partial charge in [0, 0.05) is 11.8 Å². The fourth-order valence-electron chi connectivity index (χ4n) is 1.67. The van der Waals surface area contributed by atoms with Crippen LogP contribution in [0.25, 0.3) is 0 Å². The summed E-state index contributed by atoms with van der Waals surface area (Å²) in [5.74, 6) is -0.523. The molecule has 1 aliphatic rings. The van der Waals surface area contributed by atoms with Gasteiger partial charge in [-0.2, -0.15) is 0 Å². The van der Waals surface area contributed by atoms with E-state index in [9.17, 15) is 14.9 Å². The second-order valence-electron chi connectivity index (χ2n) is 3.59. The van der Waals surface area contributed by atoms with Crippen LogP contribution in [0.5, 0.6) is 0 Å². The summed E-state index contributed by atoms with van der Waals surface area (Å²) in [6.07, 6.45) is 0. The third kappa shape index (κ3) is 2.40. The first-order chi connectivity index (χ1) is 8.09. The molecule has 0 unspecified atom stereocenters. The predicted molar refractivity (Wildman–Crippen MR) is 62.9 cm³/mol. The lowest BCUT2D eigenvalue weighted by atomic mass is 10.1. The van der Waals surface area contributed by atoms with Gasteiger partial charge >= 0.3 is 5.97 Å². The summed E-state index contributed by atoms with van der Waals surface area (Å²) in [5.41, 5.74) is 0.537. The van der Waals surface area contributed by atoms with Gasteiger partial charge in [0.15, 0.2) is 0 Å². The van der Waals surface area contributed by atoms with Gasteiger partial charge < -0.3 is 5.11 Å². The van der Waals surface area contributed by atoms with Crippen molar-refractivity contribution in [2.75, 3.05) is 5.75 Å². The van der Waals surface area contributed by atoms with Crippen molar-refractivity contribution in [3.63, 3.8) is 0 Å². The van der Waals surface area contributed by atoms with Crippen LogP contribution in [0.4, 0.5) is 5.69 Å². The van der Waals surface area contributed by atoms with E-state index in [0.29, 0.717) is 11.3 Å². The number of thioether (sulfide) groups is 1. The molecule has 0 saturated carbocycles. The average Bonchev–Trinajstić information content (AvgIpc) is 2.78. The zero-order valence-corrected chi connectivity index (χ0v) is 9.52. The Morgan fingerprint density at radius 1 is 1.53 bits per heavy atom. The van der Waals surface area contributed by atoms with Gasteiger partial charge in [-0.1, -0.05) is 12.1 Å². The fourth-order valence-corrected chi connectivity index (χ4v) is 2.93. The largest absolute Gasteiger partial charge is 0.480 e. The topological polar surface area (TPSA) is 92.5 Å². The van der Waals surface area contributed by atoms with Gasteiger partial charge in [0.1, 0.15) is 6.04 Å². The van der Waals surface area contributed by atoms with Gasteiger partial charge in [-0.05, 0) is 6.07 Å². The standard InChI is InChI=1S/C10H10N2O4S/c13-10(14)7-5-17-9(11-7)6-3-1-2-4-8(6)12(15)16/h1-4,7,9,11H,5H2,(H,13,14)/t7-,9-/m1/s1. The first kappa shape index (κ1) is 11.9. The number of nitro groups is 1. The van der Waals surface area contributed by atoms with Crippen LogP contribution >= 0.6 is 11.8 Å². The molecule has 0 radical (unpaired) electrons. The number of benzene rings is 1. The van der Waals surface area contributed by atoms with Gasteiger partial charge in [0.05, 0.1) is 15.9 Å². The SMILES string of the molecule is O=C(O)[C@H]1CS[C@H](c2ccccc2[N+](=O)[O-])N1. The van der Waals surface area contributed by atoms with Crippen molar-refractivity contribution in [3.05, 3.63) is 39.9 Å². The van der Waals surface area contributed by atoms with Crippen LogP contribution in [-0.2, 0) is 4.79 Å². The van der Waals surface area contributed by atoms with E-state index in [4.69, 9.17) is 5.11 Å². The molecule has 7 heteroatoms. The van der Waals surface area contributed by atoms with E-state index < -0.39 is 16.9 Å². The van der Waals surface area contributed by atoms with Crippen LogP contribution in [0.2, 0.25) is 0 Å². The van der Waals surface area contributed by atoms with Crippen molar-refractivity contribution in [1.82, 2.24) is 5.32 Å². The molecule has 1 heterocycles. The Morgan fingerprint density at radius 3 is 2.82 bits per heavy atom. The van der Waals surface area contributed by atoms with Crippen molar-refractivity contribution < 1.29 is 14.8 Å². The summed E-state index contributed by atoms with van der Waals surface area (Å²) < 4.78 is 0. The van der Waals surface area contributed by atoms with Crippen LogP contribution < -0.4 is 5.32 Å². The highest BCUT2D eigenvalue weighted by molar-refractivity contribution is 7.99. The molecule has 0 amide bonds. The number of aliphatic carboxylic acids is 1. The van der Waals surface area contributed by atoms with E-state index in [2.05, 4.69) is 5.32 Å². The molecule has 1 aromatic rings. The van der Waals surface area contributed by atoms with E-state index in [1.54, 1.807) is 18.2 Å². The van der Waals surface area contributed by atoms with E-state index in [0.717, 1.165) is 0 Å². The molecule has 1 aliphatic heterocycles. The number of nitrogens with zero attached hydrogens (tertiary/aromatic N) is 1. The van der Waals surface area contributed by atoms with Crippen molar-refractivity contribution in [3.8, 4) is 0 Å². The van der Waals surface area contributed by atoms with Crippen molar-refractivity contribution in [2.24, 2.45) is 0 Å². The van der Waals surface area contributed by atoms with Crippen LogP contribution in [-0.4, -0.2) is 27.8 Å². The van der Waals surface area contributed by atoms with Gasteiger partial charge in [-0.15, -0.1) is 11.8 Å². The zero-order valence-electron chi connectivity index (χ0n) is 8.70. The predicted octanol–water partition coefficient (Wildman–Crippen LogP) is 1.38. The normalized spacial score (nSPS) is 23.5. The maximum absolute atomic E-state index is 10.8. The highest BCUT2D eigenvalue weighted by Gasteiger charge is 2.33. The maximum atomic E-state index is 10.8. The van der Waals surface area contributed by atoms with E-state index >= 15 is 0 Å². The van der Waals surface area contributed by atoms with Crippen molar-refractivity contribution >= 4 is 23.4 Å². The number of hydrogen-bond acceptors (Lipinski definition) is 5. The molecule has 2 N–H and O–H groups in total. The van der Waals surface area contributed by atoms with Gasteiger partial charge in [0.2, 0.25) is 0 Å². The molecule has 0 bridgehead atoms. The molecule has 0 spiro atoms. The Balaban J connectivity index is 2.24. The molecular weight excluding hydrogens is 244 g/mol. The number of rotatable bonds is 3. The Kier molecular flexibility index (Phi) is 3.30. The second kappa shape index (κ2) is 4.72. The van der Waals surface area contributed by atoms with Gasteiger partial charge in [0.25, 0.3) is 5.69 Å². The van der Waals surface area contributed by atoms with Crippen molar-refractivity contribution in [1.29, 1.82) is 0 Å². The number of carboxylic acids is 1. The first-order valence-electron chi connectivity index (χ1n) is 4.93. The summed E-state index contributed by atoms with van der Waals surface area (Å²) in [5, 5.41) is 22.2. The highest BCUT2D eigenvalue weighted by atomic mass is 32.2. The second-order valence-corrected chi connectivity index (χ2v) is 4.72. The smallest absolute Gasteiger partial charge is 0.321 e. The molecule has 17 heavy (non-hydrogen) atoms. The number of nitro benzene ring substituents is 1. The van der Waals surface area contributed by atoms with Crippen LogP contribution in [0.3, 0.4) is 0 Å². The minimum Gasteiger partial charge on any atom is -0.480 e. The number of nitrogens with one attached hydrogen (secondary N) is 1. The maximum Gasteiger partial charge on any atom is 0.321 e. The molecular formula is C10H10N2O4S. The molecule has 2 rings (SSSR count). The fraction of sp³-hybridized carbons (Fsp3) is 0.300. The highest BCUT2D eigenvalue weighted by Crippen LogP contribution is 2.37.